The molecule has 0 atom stereocenters. The Morgan fingerprint density at radius 3 is 2.50 bits per heavy atom. The number of nitrogens with two attached hydrogens (primary N) is 1. The number of ether oxygens (including phenoxy) is 1. The first-order valence-electron chi connectivity index (χ1n) is 6.92. The monoisotopic (exact) mass is 298 g/mol. The molecular weight excluding hydrogens is 276 g/mol. The maximum atomic E-state index is 11.7. The lowest BCUT2D eigenvalue weighted by atomic mass is 9.94. The normalized spacial score (nSPS) is 21.9. The minimum absolute atomic E-state index is 0. The summed E-state index contributed by atoms with van der Waals surface area (Å²) in [5, 5.41) is 2.86. The molecule has 1 aromatic carbocycles. The number of hydrogen-bond donors (Lipinski definition) is 2. The molecule has 0 radical (unpaired) electrons. The molecule has 20 heavy (non-hydrogen) atoms. The molecule has 0 aromatic heterocycles. The second kappa shape index (κ2) is 8.95. The van der Waals surface area contributed by atoms with E-state index in [0.717, 1.165) is 31.2 Å². The maximum Gasteiger partial charge on any atom is 0.246 e. The Hall–Kier alpha value is -1.10. The summed E-state index contributed by atoms with van der Waals surface area (Å²) in [6.45, 7) is 0.700. The minimum Gasteiger partial charge on any atom is -0.368 e. The van der Waals surface area contributed by atoms with Crippen LogP contribution in [0.1, 0.15) is 31.2 Å². The zero-order chi connectivity index (χ0) is 13.5. The average Bonchev–Trinajstić information content (AvgIpc) is 2.45. The number of nitrogens with one attached hydrogen (secondary N) is 1. The fraction of sp³-hybridized carbons (Fsp3) is 0.533. The van der Waals surface area contributed by atoms with Crippen molar-refractivity contribution in [2.45, 2.75) is 44.4 Å². The van der Waals surface area contributed by atoms with Gasteiger partial charge in [-0.15, -0.1) is 12.4 Å². The Bertz CT molecular complexity index is 392. The van der Waals surface area contributed by atoms with Crippen LogP contribution in [0.4, 0.5) is 0 Å². The first-order valence-corrected chi connectivity index (χ1v) is 6.92. The molecule has 0 spiro atoms. The molecular formula is C15H23ClN2O2. The van der Waals surface area contributed by atoms with Crippen LogP contribution < -0.4 is 11.1 Å². The number of benzene rings is 1. The highest BCUT2D eigenvalue weighted by Gasteiger charge is 2.19. The van der Waals surface area contributed by atoms with Crippen LogP contribution in [-0.4, -0.2) is 24.7 Å². The number of rotatable bonds is 5. The molecule has 1 fully saturated rings. The van der Waals surface area contributed by atoms with E-state index in [2.05, 4.69) is 5.32 Å². The highest BCUT2D eigenvalue weighted by Crippen LogP contribution is 2.19. The summed E-state index contributed by atoms with van der Waals surface area (Å²) in [6.07, 6.45) is 4.12. The van der Waals surface area contributed by atoms with Gasteiger partial charge in [0, 0.05) is 12.6 Å². The van der Waals surface area contributed by atoms with Crippen molar-refractivity contribution >= 4 is 18.3 Å². The molecule has 1 aliphatic carbocycles. The van der Waals surface area contributed by atoms with Gasteiger partial charge in [-0.25, -0.2) is 0 Å². The topological polar surface area (TPSA) is 64.3 Å². The lowest BCUT2D eigenvalue weighted by Crippen LogP contribution is -2.33. The van der Waals surface area contributed by atoms with E-state index in [0.29, 0.717) is 12.6 Å². The van der Waals surface area contributed by atoms with Crippen LogP contribution >= 0.6 is 12.4 Å². The molecule has 1 saturated carbocycles. The smallest absolute Gasteiger partial charge is 0.246 e. The van der Waals surface area contributed by atoms with E-state index < -0.39 is 0 Å². The number of amides is 1. The molecule has 4 nitrogen and oxygen atoms in total. The molecule has 0 unspecified atom stereocenters. The predicted molar refractivity (Wildman–Crippen MR) is 81.7 cm³/mol. The van der Waals surface area contributed by atoms with Crippen LogP contribution in [0, 0.1) is 0 Å². The molecule has 0 aliphatic heterocycles. The van der Waals surface area contributed by atoms with Crippen molar-refractivity contribution < 1.29 is 9.53 Å². The first-order chi connectivity index (χ1) is 9.24. The Morgan fingerprint density at radius 2 is 1.85 bits per heavy atom. The standard InChI is InChI=1S/C15H22N2O2.ClH/c16-13-6-8-14(9-7-13)19-11-15(18)17-10-12-4-2-1-3-5-12;/h1-5,13-14H,6-11,16H2,(H,17,18);1H. The van der Waals surface area contributed by atoms with Crippen LogP contribution in [0.5, 0.6) is 0 Å². The van der Waals surface area contributed by atoms with E-state index >= 15 is 0 Å². The zero-order valence-electron chi connectivity index (χ0n) is 11.6. The van der Waals surface area contributed by atoms with Gasteiger partial charge in [-0.3, -0.25) is 4.79 Å². The number of carbonyl (C=O) groups excluding carboxylic acids is 1. The van der Waals surface area contributed by atoms with Gasteiger partial charge in [0.05, 0.1) is 6.10 Å². The summed E-state index contributed by atoms with van der Waals surface area (Å²) in [5.41, 5.74) is 6.93. The third kappa shape index (κ3) is 5.90. The third-order valence-electron chi connectivity index (χ3n) is 3.50. The highest BCUT2D eigenvalue weighted by atomic mass is 35.5. The summed E-state index contributed by atoms with van der Waals surface area (Å²) < 4.78 is 5.61. The first kappa shape index (κ1) is 17.0. The average molecular weight is 299 g/mol. The van der Waals surface area contributed by atoms with Crippen molar-refractivity contribution in [2.75, 3.05) is 6.61 Å². The van der Waals surface area contributed by atoms with Gasteiger partial charge in [0.25, 0.3) is 0 Å². The van der Waals surface area contributed by atoms with E-state index in [4.69, 9.17) is 10.5 Å². The molecule has 5 heteroatoms. The second-order valence-corrected chi connectivity index (χ2v) is 5.11. The van der Waals surface area contributed by atoms with Gasteiger partial charge in [-0.1, -0.05) is 30.3 Å². The van der Waals surface area contributed by atoms with E-state index in [1.807, 2.05) is 30.3 Å². The summed E-state index contributed by atoms with van der Waals surface area (Å²) in [5.74, 6) is -0.0567. The quantitative estimate of drug-likeness (QED) is 0.874. The molecule has 3 N–H and O–H groups in total. The van der Waals surface area contributed by atoms with Crippen LogP contribution in [-0.2, 0) is 16.1 Å². The van der Waals surface area contributed by atoms with Crippen LogP contribution in [0.2, 0.25) is 0 Å². The fourth-order valence-electron chi connectivity index (χ4n) is 2.30. The summed E-state index contributed by atoms with van der Waals surface area (Å²) in [4.78, 5) is 11.7. The molecule has 0 heterocycles. The van der Waals surface area contributed by atoms with Gasteiger partial charge in [0.1, 0.15) is 6.61 Å². The van der Waals surface area contributed by atoms with Gasteiger partial charge in [0.15, 0.2) is 0 Å². The van der Waals surface area contributed by atoms with Gasteiger partial charge in [-0.2, -0.15) is 0 Å². The van der Waals surface area contributed by atoms with E-state index in [1.54, 1.807) is 0 Å². The summed E-state index contributed by atoms with van der Waals surface area (Å²) in [6, 6.07) is 10.2. The molecule has 0 bridgehead atoms. The Balaban J connectivity index is 0.00000200. The third-order valence-corrected chi connectivity index (χ3v) is 3.50. The van der Waals surface area contributed by atoms with Crippen LogP contribution in [0.3, 0.4) is 0 Å². The second-order valence-electron chi connectivity index (χ2n) is 5.11. The van der Waals surface area contributed by atoms with Crippen LogP contribution in [0.15, 0.2) is 30.3 Å². The van der Waals surface area contributed by atoms with Crippen molar-refractivity contribution in [1.29, 1.82) is 0 Å². The largest absolute Gasteiger partial charge is 0.368 e. The molecule has 1 amide bonds. The Kier molecular flexibility index (Phi) is 7.59. The molecule has 0 saturated heterocycles. The van der Waals surface area contributed by atoms with E-state index in [9.17, 15) is 4.79 Å². The van der Waals surface area contributed by atoms with Gasteiger partial charge in [-0.05, 0) is 31.2 Å². The van der Waals surface area contributed by atoms with Crippen molar-refractivity contribution in [3.8, 4) is 0 Å². The van der Waals surface area contributed by atoms with Gasteiger partial charge < -0.3 is 15.8 Å². The van der Waals surface area contributed by atoms with E-state index in [-0.39, 0.29) is 31.0 Å². The van der Waals surface area contributed by atoms with Crippen molar-refractivity contribution in [1.82, 2.24) is 5.32 Å². The molecule has 1 aliphatic rings. The number of carbonyl (C=O) groups is 1. The zero-order valence-corrected chi connectivity index (χ0v) is 12.4. The maximum absolute atomic E-state index is 11.7. The van der Waals surface area contributed by atoms with Crippen molar-refractivity contribution in [2.24, 2.45) is 5.73 Å². The fourth-order valence-corrected chi connectivity index (χ4v) is 2.30. The summed E-state index contributed by atoms with van der Waals surface area (Å²) in [7, 11) is 0. The van der Waals surface area contributed by atoms with Gasteiger partial charge >= 0.3 is 0 Å². The minimum atomic E-state index is -0.0567. The Morgan fingerprint density at radius 1 is 1.20 bits per heavy atom. The molecule has 1 aromatic rings. The lowest BCUT2D eigenvalue weighted by molar-refractivity contribution is -0.128. The van der Waals surface area contributed by atoms with Crippen LogP contribution in [0.25, 0.3) is 0 Å². The van der Waals surface area contributed by atoms with Crippen molar-refractivity contribution in [3.05, 3.63) is 35.9 Å². The lowest BCUT2D eigenvalue weighted by Gasteiger charge is -2.25. The predicted octanol–water partition coefficient (Wildman–Crippen LogP) is 2.01. The molecule has 112 valence electrons. The van der Waals surface area contributed by atoms with Gasteiger partial charge in [0.2, 0.25) is 5.91 Å². The van der Waals surface area contributed by atoms with Crippen molar-refractivity contribution in [3.63, 3.8) is 0 Å². The molecule has 2 rings (SSSR count). The Labute approximate surface area is 126 Å². The number of halogens is 1. The summed E-state index contributed by atoms with van der Waals surface area (Å²) >= 11 is 0. The SMILES string of the molecule is Cl.NC1CCC(OCC(=O)NCc2ccccc2)CC1. The number of hydrogen-bond acceptors (Lipinski definition) is 3. The van der Waals surface area contributed by atoms with E-state index in [1.165, 1.54) is 0 Å². The highest BCUT2D eigenvalue weighted by molar-refractivity contribution is 5.85.